The van der Waals surface area contributed by atoms with Gasteiger partial charge in [-0.1, -0.05) is 29.8 Å². The monoisotopic (exact) mass is 416 g/mol. The van der Waals surface area contributed by atoms with Gasteiger partial charge in [-0.25, -0.2) is 4.52 Å². The van der Waals surface area contributed by atoms with Crippen molar-refractivity contribution < 1.29 is 9.53 Å². The van der Waals surface area contributed by atoms with Gasteiger partial charge in [0.25, 0.3) is 11.5 Å². The average molecular weight is 416 g/mol. The topological polar surface area (TPSA) is 77.6 Å². The van der Waals surface area contributed by atoms with Crippen LogP contribution >= 0.6 is 0 Å². The fourth-order valence-electron chi connectivity index (χ4n) is 3.49. The van der Waals surface area contributed by atoms with Crippen molar-refractivity contribution in [2.24, 2.45) is 0 Å². The smallest absolute Gasteiger partial charge is 0.276 e. The number of nitrogens with one attached hydrogen (secondary N) is 1. The van der Waals surface area contributed by atoms with E-state index in [1.165, 1.54) is 0 Å². The highest BCUT2D eigenvalue weighted by molar-refractivity contribution is 5.95. The lowest BCUT2D eigenvalue weighted by Crippen LogP contribution is -2.31. The standard InChI is InChI=1S/C24H24N4O3/c1-16-7-8-17(2)20(13-16)23(29)25-9-10-27-11-12-28-22(24(27)30)15-21(26-28)18-5-4-6-19(14-18)31-3/h4-8,11-15H,9-10H2,1-3H3,(H,25,29). The number of nitrogens with zero attached hydrogens (tertiary/aromatic N) is 3. The summed E-state index contributed by atoms with van der Waals surface area (Å²) in [5, 5.41) is 7.40. The SMILES string of the molecule is COc1cccc(-c2cc3c(=O)n(CCNC(=O)c4cc(C)ccc4C)ccn3n2)c1. The number of hydrogen-bond acceptors (Lipinski definition) is 4. The summed E-state index contributed by atoms with van der Waals surface area (Å²) in [6.07, 6.45) is 3.43. The maximum Gasteiger partial charge on any atom is 0.276 e. The molecule has 4 rings (SSSR count). The normalized spacial score (nSPS) is 10.9. The Balaban J connectivity index is 1.51. The lowest BCUT2D eigenvalue weighted by molar-refractivity contribution is 0.0951. The molecule has 0 aliphatic rings. The number of benzene rings is 2. The van der Waals surface area contributed by atoms with Crippen LogP contribution in [0.15, 0.2) is 65.7 Å². The van der Waals surface area contributed by atoms with E-state index in [0.717, 1.165) is 22.4 Å². The van der Waals surface area contributed by atoms with Crippen LogP contribution in [-0.4, -0.2) is 33.7 Å². The molecule has 0 fully saturated rings. The summed E-state index contributed by atoms with van der Waals surface area (Å²) in [6, 6.07) is 15.1. The van der Waals surface area contributed by atoms with E-state index >= 15 is 0 Å². The largest absolute Gasteiger partial charge is 0.497 e. The number of hydrogen-bond donors (Lipinski definition) is 1. The Morgan fingerprint density at radius 3 is 2.74 bits per heavy atom. The molecule has 0 unspecified atom stereocenters. The molecule has 0 aliphatic carbocycles. The van der Waals surface area contributed by atoms with E-state index < -0.39 is 0 Å². The molecule has 0 radical (unpaired) electrons. The molecule has 0 bridgehead atoms. The van der Waals surface area contributed by atoms with Crippen molar-refractivity contribution in [3.05, 3.63) is 88.0 Å². The van der Waals surface area contributed by atoms with Gasteiger partial charge in [0.05, 0.1) is 12.8 Å². The summed E-state index contributed by atoms with van der Waals surface area (Å²) in [7, 11) is 1.61. The van der Waals surface area contributed by atoms with E-state index in [-0.39, 0.29) is 11.5 Å². The van der Waals surface area contributed by atoms with Crippen molar-refractivity contribution >= 4 is 11.4 Å². The van der Waals surface area contributed by atoms with Crippen molar-refractivity contribution in [1.82, 2.24) is 19.5 Å². The Kier molecular flexibility index (Phi) is 5.58. The third kappa shape index (κ3) is 4.21. The first kappa shape index (κ1) is 20.4. The molecule has 0 aliphatic heterocycles. The van der Waals surface area contributed by atoms with E-state index in [9.17, 15) is 9.59 Å². The molecule has 1 amide bonds. The van der Waals surface area contributed by atoms with Gasteiger partial charge in [-0.2, -0.15) is 5.10 Å². The predicted octanol–water partition coefficient (Wildman–Crippen LogP) is 3.22. The van der Waals surface area contributed by atoms with Gasteiger partial charge in [-0.15, -0.1) is 0 Å². The van der Waals surface area contributed by atoms with E-state index in [1.807, 2.05) is 56.3 Å². The lowest BCUT2D eigenvalue weighted by Gasteiger charge is -2.10. The zero-order valence-corrected chi connectivity index (χ0v) is 17.8. The molecule has 4 aromatic rings. The summed E-state index contributed by atoms with van der Waals surface area (Å²) < 4.78 is 8.42. The number of aromatic nitrogens is 3. The van der Waals surface area contributed by atoms with Gasteiger partial charge in [-0.05, 0) is 43.7 Å². The summed E-state index contributed by atoms with van der Waals surface area (Å²) in [5.74, 6) is 0.589. The van der Waals surface area contributed by atoms with Gasteiger partial charge in [0.15, 0.2) is 0 Å². The first-order chi connectivity index (χ1) is 15.0. The van der Waals surface area contributed by atoms with Crippen LogP contribution in [0.1, 0.15) is 21.5 Å². The van der Waals surface area contributed by atoms with Gasteiger partial charge in [0.1, 0.15) is 11.3 Å². The third-order valence-corrected chi connectivity index (χ3v) is 5.24. The van der Waals surface area contributed by atoms with Crippen LogP contribution in [0, 0.1) is 13.8 Å². The van der Waals surface area contributed by atoms with Crippen LogP contribution < -0.4 is 15.6 Å². The van der Waals surface area contributed by atoms with Crippen molar-refractivity contribution in [2.75, 3.05) is 13.7 Å². The molecular formula is C24H24N4O3. The fourth-order valence-corrected chi connectivity index (χ4v) is 3.49. The molecule has 31 heavy (non-hydrogen) atoms. The Labute approximate surface area is 179 Å². The van der Waals surface area contributed by atoms with Gasteiger partial charge < -0.3 is 14.6 Å². The summed E-state index contributed by atoms with van der Waals surface area (Å²) >= 11 is 0. The number of rotatable bonds is 6. The number of carbonyl (C=O) groups is 1. The van der Waals surface area contributed by atoms with Crippen LogP contribution in [0.25, 0.3) is 16.8 Å². The summed E-state index contributed by atoms with van der Waals surface area (Å²) in [4.78, 5) is 25.4. The second-order valence-electron chi connectivity index (χ2n) is 7.46. The van der Waals surface area contributed by atoms with E-state index in [1.54, 1.807) is 34.7 Å². The zero-order valence-electron chi connectivity index (χ0n) is 17.8. The highest BCUT2D eigenvalue weighted by atomic mass is 16.5. The minimum Gasteiger partial charge on any atom is -0.497 e. The van der Waals surface area contributed by atoms with Gasteiger partial charge in [0.2, 0.25) is 0 Å². The Hall–Kier alpha value is -3.87. The van der Waals surface area contributed by atoms with Crippen LogP contribution in [0.4, 0.5) is 0 Å². The summed E-state index contributed by atoms with van der Waals surface area (Å²) in [5.41, 5.74) is 4.48. The highest BCUT2D eigenvalue weighted by Gasteiger charge is 2.11. The average Bonchev–Trinajstić information content (AvgIpc) is 3.22. The molecule has 7 nitrogen and oxygen atoms in total. The van der Waals surface area contributed by atoms with Crippen LogP contribution in [0.2, 0.25) is 0 Å². The Morgan fingerprint density at radius 1 is 1.10 bits per heavy atom. The molecule has 0 saturated heterocycles. The molecule has 158 valence electrons. The number of fused-ring (bicyclic) bond motifs is 1. The van der Waals surface area contributed by atoms with Crippen LogP contribution in [0.3, 0.4) is 0 Å². The molecular weight excluding hydrogens is 392 g/mol. The zero-order chi connectivity index (χ0) is 22.0. The second kappa shape index (κ2) is 8.47. The van der Waals surface area contributed by atoms with Gasteiger partial charge in [-0.3, -0.25) is 9.59 Å². The molecule has 2 heterocycles. The Bertz CT molecular complexity index is 1320. The van der Waals surface area contributed by atoms with Crippen LogP contribution in [0.5, 0.6) is 5.75 Å². The number of carbonyl (C=O) groups excluding carboxylic acids is 1. The molecule has 0 atom stereocenters. The summed E-state index contributed by atoms with van der Waals surface area (Å²) in [6.45, 7) is 4.58. The molecule has 2 aromatic carbocycles. The van der Waals surface area contributed by atoms with Crippen molar-refractivity contribution in [2.45, 2.75) is 20.4 Å². The maximum absolute atomic E-state index is 12.9. The molecule has 0 spiro atoms. The van der Waals surface area contributed by atoms with Crippen molar-refractivity contribution in [1.29, 1.82) is 0 Å². The molecule has 1 N–H and O–H groups in total. The predicted molar refractivity (Wildman–Crippen MR) is 120 cm³/mol. The van der Waals surface area contributed by atoms with Gasteiger partial charge >= 0.3 is 0 Å². The minimum absolute atomic E-state index is 0.139. The quantitative estimate of drug-likeness (QED) is 0.524. The number of methoxy groups -OCH3 is 1. The number of ether oxygens (including phenoxy) is 1. The maximum atomic E-state index is 12.9. The first-order valence-corrected chi connectivity index (χ1v) is 10.0. The Morgan fingerprint density at radius 2 is 1.94 bits per heavy atom. The van der Waals surface area contributed by atoms with E-state index in [2.05, 4.69) is 10.4 Å². The van der Waals surface area contributed by atoms with E-state index in [0.29, 0.717) is 29.9 Å². The fraction of sp³-hybridized carbons (Fsp3) is 0.208. The third-order valence-electron chi connectivity index (χ3n) is 5.24. The molecule has 2 aromatic heterocycles. The van der Waals surface area contributed by atoms with E-state index in [4.69, 9.17) is 4.74 Å². The van der Waals surface area contributed by atoms with Crippen LogP contribution in [-0.2, 0) is 6.54 Å². The second-order valence-corrected chi connectivity index (χ2v) is 7.46. The number of amides is 1. The highest BCUT2D eigenvalue weighted by Crippen LogP contribution is 2.23. The molecule has 7 heteroatoms. The number of aryl methyl sites for hydroxylation is 2. The first-order valence-electron chi connectivity index (χ1n) is 10.0. The molecule has 0 saturated carbocycles. The lowest BCUT2D eigenvalue weighted by atomic mass is 10.1. The minimum atomic E-state index is -0.162. The van der Waals surface area contributed by atoms with Gasteiger partial charge in [0, 0.05) is 36.6 Å². The van der Waals surface area contributed by atoms with Crippen molar-refractivity contribution in [3.8, 4) is 17.0 Å². The van der Waals surface area contributed by atoms with Crippen molar-refractivity contribution in [3.63, 3.8) is 0 Å².